The lowest BCUT2D eigenvalue weighted by molar-refractivity contribution is 0.660. The van der Waals surface area contributed by atoms with Gasteiger partial charge in [0.25, 0.3) is 0 Å². The van der Waals surface area contributed by atoms with Crippen LogP contribution >= 0.6 is 0 Å². The Morgan fingerprint density at radius 2 is 0.907 bits per heavy atom. The van der Waals surface area contributed by atoms with Crippen molar-refractivity contribution in [2.45, 2.75) is 19.3 Å². The molecule has 0 saturated carbocycles. The monoisotopic (exact) mass is 689 g/mol. The Labute approximate surface area is 317 Å². The van der Waals surface area contributed by atoms with E-state index < -0.39 is 0 Å². The van der Waals surface area contributed by atoms with E-state index in [1.807, 2.05) is 0 Å². The highest BCUT2D eigenvalue weighted by atomic mass is 15.1. The molecule has 0 aromatic heterocycles. The summed E-state index contributed by atoms with van der Waals surface area (Å²) in [6.07, 6.45) is 4.65. The lowest BCUT2D eigenvalue weighted by Gasteiger charge is -2.28. The van der Waals surface area contributed by atoms with Crippen molar-refractivity contribution in [2.75, 3.05) is 4.90 Å². The lowest BCUT2D eigenvalue weighted by Crippen LogP contribution is -2.16. The molecule has 54 heavy (non-hydrogen) atoms. The molecule has 9 aromatic rings. The van der Waals surface area contributed by atoms with Crippen molar-refractivity contribution < 1.29 is 0 Å². The van der Waals surface area contributed by atoms with Crippen LogP contribution in [0.3, 0.4) is 0 Å². The van der Waals surface area contributed by atoms with E-state index in [1.54, 1.807) is 0 Å². The van der Waals surface area contributed by atoms with E-state index in [4.69, 9.17) is 0 Å². The van der Waals surface area contributed by atoms with Crippen LogP contribution in [0.25, 0.3) is 66.7 Å². The Morgan fingerprint density at radius 3 is 1.56 bits per heavy atom. The first-order chi connectivity index (χ1) is 26.6. The first-order valence-electron chi connectivity index (χ1n) is 18.9. The fourth-order valence-electron chi connectivity index (χ4n) is 8.84. The van der Waals surface area contributed by atoms with Crippen LogP contribution in [0.5, 0.6) is 0 Å². The normalized spacial score (nSPS) is 13.1. The number of hydrogen-bond acceptors (Lipinski definition) is 1. The molecule has 0 fully saturated rings. The van der Waals surface area contributed by atoms with E-state index in [0.717, 1.165) is 17.1 Å². The first kappa shape index (κ1) is 32.0. The quantitative estimate of drug-likeness (QED) is 0.124. The molecule has 0 amide bonds. The summed E-state index contributed by atoms with van der Waals surface area (Å²) in [4.78, 5) is 2.35. The maximum atomic E-state index is 2.41. The third kappa shape index (κ3) is 5.16. The van der Waals surface area contributed by atoms with Gasteiger partial charge in [-0.3, -0.25) is 0 Å². The van der Waals surface area contributed by atoms with Crippen molar-refractivity contribution in [3.8, 4) is 22.3 Å². The predicted molar refractivity (Wildman–Crippen MR) is 232 cm³/mol. The highest BCUT2D eigenvalue weighted by Gasteiger charge is 2.36. The molecule has 0 atom stereocenters. The number of hydrogen-bond donors (Lipinski definition) is 0. The van der Waals surface area contributed by atoms with Gasteiger partial charge in [0.2, 0.25) is 0 Å². The molecule has 0 unspecified atom stereocenters. The van der Waals surface area contributed by atoms with Crippen molar-refractivity contribution in [1.82, 2.24) is 0 Å². The van der Waals surface area contributed by atoms with Crippen LogP contribution in [0.15, 0.2) is 188 Å². The molecular formula is C53H39N. The topological polar surface area (TPSA) is 3.24 Å². The molecule has 1 nitrogen and oxygen atoms in total. The van der Waals surface area contributed by atoms with E-state index in [1.165, 1.54) is 76.8 Å². The second kappa shape index (κ2) is 12.8. The number of nitrogens with zero attached hydrogens (tertiary/aromatic N) is 1. The molecule has 0 heterocycles. The van der Waals surface area contributed by atoms with Crippen molar-refractivity contribution >= 4 is 61.5 Å². The molecule has 0 spiro atoms. The predicted octanol–water partition coefficient (Wildman–Crippen LogP) is 14.8. The minimum atomic E-state index is -0.164. The number of para-hydroxylation sites is 2. The van der Waals surface area contributed by atoms with Crippen LogP contribution in [0.4, 0.5) is 17.1 Å². The Kier molecular flexibility index (Phi) is 7.56. The molecular weight excluding hydrogens is 651 g/mol. The zero-order valence-electron chi connectivity index (χ0n) is 30.5. The van der Waals surface area contributed by atoms with Gasteiger partial charge >= 0.3 is 0 Å². The summed E-state index contributed by atoms with van der Waals surface area (Å²) in [5.41, 5.74) is 13.7. The first-order valence-corrected chi connectivity index (χ1v) is 18.9. The summed E-state index contributed by atoms with van der Waals surface area (Å²) in [6, 6.07) is 68.6. The van der Waals surface area contributed by atoms with Gasteiger partial charge in [-0.1, -0.05) is 178 Å². The molecule has 9 aromatic carbocycles. The number of rotatable bonds is 6. The molecule has 0 bridgehead atoms. The summed E-state index contributed by atoms with van der Waals surface area (Å²) in [5, 5.41) is 7.61. The fraction of sp³-hybridized carbons (Fsp3) is 0.0566. The second-order valence-corrected chi connectivity index (χ2v) is 14.9. The number of benzene rings is 9. The van der Waals surface area contributed by atoms with Crippen molar-refractivity contribution in [1.29, 1.82) is 0 Å². The zero-order chi connectivity index (χ0) is 36.2. The van der Waals surface area contributed by atoms with Gasteiger partial charge in [-0.2, -0.15) is 0 Å². The maximum Gasteiger partial charge on any atom is 0.0465 e. The average Bonchev–Trinajstić information content (AvgIpc) is 3.45. The second-order valence-electron chi connectivity index (χ2n) is 14.9. The molecule has 0 radical (unpaired) electrons. The molecule has 10 rings (SSSR count). The number of fused-ring (bicyclic) bond motifs is 6. The van der Waals surface area contributed by atoms with E-state index in [2.05, 4.69) is 219 Å². The maximum absolute atomic E-state index is 2.41. The van der Waals surface area contributed by atoms with E-state index in [-0.39, 0.29) is 5.41 Å². The highest BCUT2D eigenvalue weighted by Crippen LogP contribution is 2.51. The average molecular weight is 690 g/mol. The Hall–Kier alpha value is -6.70. The van der Waals surface area contributed by atoms with Crippen LogP contribution in [-0.2, 0) is 5.41 Å². The van der Waals surface area contributed by atoms with Gasteiger partial charge in [0.1, 0.15) is 0 Å². The zero-order valence-corrected chi connectivity index (χ0v) is 30.5. The van der Waals surface area contributed by atoms with Gasteiger partial charge in [-0.15, -0.1) is 0 Å². The summed E-state index contributed by atoms with van der Waals surface area (Å²) in [7, 11) is 0. The molecule has 1 heteroatoms. The van der Waals surface area contributed by atoms with E-state index in [9.17, 15) is 0 Å². The number of anilines is 3. The van der Waals surface area contributed by atoms with Gasteiger partial charge < -0.3 is 4.90 Å². The van der Waals surface area contributed by atoms with Gasteiger partial charge in [0.15, 0.2) is 0 Å². The highest BCUT2D eigenvalue weighted by molar-refractivity contribution is 6.20. The van der Waals surface area contributed by atoms with Gasteiger partial charge in [-0.05, 0) is 113 Å². The Balaban J connectivity index is 1.07. The van der Waals surface area contributed by atoms with E-state index >= 15 is 0 Å². The molecule has 0 N–H and O–H groups in total. The SMILES string of the molecule is CC1(C)c2cc(C=Cc3c4ccccc4c(-c4cccc5ccccc45)c4ccccc34)ccc2-c2ccc(N(c3ccccc3)c3ccccc3)cc21. The van der Waals surface area contributed by atoms with Crippen molar-refractivity contribution in [2.24, 2.45) is 0 Å². The molecule has 256 valence electrons. The molecule has 0 saturated heterocycles. The fourth-order valence-corrected chi connectivity index (χ4v) is 8.84. The van der Waals surface area contributed by atoms with Crippen LogP contribution in [0.2, 0.25) is 0 Å². The smallest absolute Gasteiger partial charge is 0.0465 e. The van der Waals surface area contributed by atoms with Crippen LogP contribution in [0.1, 0.15) is 36.1 Å². The van der Waals surface area contributed by atoms with Crippen molar-refractivity contribution in [3.05, 3.63) is 210 Å². The van der Waals surface area contributed by atoms with Crippen molar-refractivity contribution in [3.63, 3.8) is 0 Å². The standard InChI is InChI=1S/C53H39N/c1-53(2)50-34-36(29-32-45(50)46-33-30-40(35-51(46)53)54(38-18-5-3-6-19-38)39-20-7-4-8-21-39)28-31-44-42-23-11-13-25-48(42)52(49-26-14-12-24-43(44)49)47-27-15-17-37-16-9-10-22-41(37)47/h3-35H,1-2H3. The molecule has 0 aliphatic heterocycles. The molecule has 1 aliphatic carbocycles. The third-order valence-corrected chi connectivity index (χ3v) is 11.4. The summed E-state index contributed by atoms with van der Waals surface area (Å²) < 4.78 is 0. The Bertz CT molecular complexity index is 2800. The summed E-state index contributed by atoms with van der Waals surface area (Å²) in [6.45, 7) is 4.74. The van der Waals surface area contributed by atoms with Gasteiger partial charge in [0.05, 0.1) is 0 Å². The van der Waals surface area contributed by atoms with Crippen LogP contribution in [0, 0.1) is 0 Å². The minimum Gasteiger partial charge on any atom is -0.310 e. The largest absolute Gasteiger partial charge is 0.310 e. The summed E-state index contributed by atoms with van der Waals surface area (Å²) in [5.74, 6) is 0. The lowest BCUT2D eigenvalue weighted by atomic mass is 9.81. The third-order valence-electron chi connectivity index (χ3n) is 11.4. The van der Waals surface area contributed by atoms with E-state index in [0.29, 0.717) is 0 Å². The molecule has 1 aliphatic rings. The van der Waals surface area contributed by atoms with Gasteiger partial charge in [-0.25, -0.2) is 0 Å². The van der Waals surface area contributed by atoms with Gasteiger partial charge in [0, 0.05) is 22.5 Å². The van der Waals surface area contributed by atoms with Crippen LogP contribution < -0.4 is 4.90 Å². The summed E-state index contributed by atoms with van der Waals surface area (Å²) >= 11 is 0. The van der Waals surface area contributed by atoms with Crippen LogP contribution in [-0.4, -0.2) is 0 Å². The minimum absolute atomic E-state index is 0.164. The Morgan fingerprint density at radius 1 is 0.389 bits per heavy atom.